The number of ether oxygens (including phenoxy) is 1. The number of amides is 1. The summed E-state index contributed by atoms with van der Waals surface area (Å²) in [6.07, 6.45) is 0.179. The highest BCUT2D eigenvalue weighted by Crippen LogP contribution is 2.30. The van der Waals surface area contributed by atoms with Crippen LogP contribution in [-0.4, -0.2) is 15.7 Å². The number of carbonyl (C=O) groups is 1. The second-order valence-corrected chi connectivity index (χ2v) is 7.18. The summed E-state index contributed by atoms with van der Waals surface area (Å²) in [5.74, 6) is 0.224. The van der Waals surface area contributed by atoms with E-state index in [4.69, 9.17) is 4.74 Å². The van der Waals surface area contributed by atoms with Crippen LogP contribution < -0.4 is 10.1 Å². The van der Waals surface area contributed by atoms with Crippen LogP contribution in [0.15, 0.2) is 78.9 Å². The van der Waals surface area contributed by atoms with Crippen LogP contribution in [0.3, 0.4) is 0 Å². The molecule has 1 aromatic heterocycles. The molecule has 0 aliphatic carbocycles. The maximum absolute atomic E-state index is 13.5. The lowest BCUT2D eigenvalue weighted by atomic mass is 10.1. The van der Waals surface area contributed by atoms with Crippen molar-refractivity contribution in [3.63, 3.8) is 0 Å². The number of nitrogens with zero attached hydrogens (tertiary/aromatic N) is 2. The number of rotatable bonds is 6. The van der Waals surface area contributed by atoms with Crippen LogP contribution in [0.4, 0.5) is 10.1 Å². The van der Waals surface area contributed by atoms with Crippen molar-refractivity contribution in [2.24, 2.45) is 0 Å². The Morgan fingerprint density at radius 3 is 2.52 bits per heavy atom. The lowest BCUT2D eigenvalue weighted by Crippen LogP contribution is -2.16. The Balaban J connectivity index is 1.52. The largest absolute Gasteiger partial charge is 0.455 e. The summed E-state index contributed by atoms with van der Waals surface area (Å²) in [5, 5.41) is 7.50. The number of anilines is 1. The molecule has 156 valence electrons. The van der Waals surface area contributed by atoms with Gasteiger partial charge in [-0.15, -0.1) is 0 Å². The van der Waals surface area contributed by atoms with Crippen molar-refractivity contribution in [3.8, 4) is 17.2 Å². The fourth-order valence-electron chi connectivity index (χ4n) is 3.42. The second-order valence-electron chi connectivity index (χ2n) is 7.18. The molecule has 1 amide bonds. The first-order valence-electron chi connectivity index (χ1n) is 9.94. The Morgan fingerprint density at radius 2 is 1.74 bits per heavy atom. The lowest BCUT2D eigenvalue weighted by molar-refractivity contribution is -0.115. The molecule has 0 saturated heterocycles. The monoisotopic (exact) mass is 415 g/mol. The first-order valence-corrected chi connectivity index (χ1v) is 9.94. The highest BCUT2D eigenvalue weighted by molar-refractivity contribution is 5.94. The lowest BCUT2D eigenvalue weighted by Gasteiger charge is -2.12. The Morgan fingerprint density at radius 1 is 1.00 bits per heavy atom. The highest BCUT2D eigenvalue weighted by Gasteiger charge is 2.17. The van der Waals surface area contributed by atoms with Crippen molar-refractivity contribution in [3.05, 3.63) is 102 Å². The molecule has 1 heterocycles. The zero-order valence-electron chi connectivity index (χ0n) is 17.3. The van der Waals surface area contributed by atoms with E-state index in [1.54, 1.807) is 36.4 Å². The molecule has 31 heavy (non-hydrogen) atoms. The van der Waals surface area contributed by atoms with Crippen molar-refractivity contribution >= 4 is 11.6 Å². The van der Waals surface area contributed by atoms with E-state index in [2.05, 4.69) is 10.4 Å². The van der Waals surface area contributed by atoms with E-state index in [9.17, 15) is 9.18 Å². The van der Waals surface area contributed by atoms with Gasteiger partial charge >= 0.3 is 0 Å². The Bertz CT molecular complexity index is 1220. The van der Waals surface area contributed by atoms with Gasteiger partial charge in [-0.3, -0.25) is 4.79 Å². The molecule has 5 nitrogen and oxygen atoms in total. The average Bonchev–Trinajstić information content (AvgIpc) is 3.04. The summed E-state index contributed by atoms with van der Waals surface area (Å²) in [5.41, 5.74) is 4.07. The molecule has 0 fully saturated rings. The van der Waals surface area contributed by atoms with Crippen molar-refractivity contribution in [2.75, 3.05) is 5.32 Å². The van der Waals surface area contributed by atoms with Gasteiger partial charge in [0.1, 0.15) is 11.6 Å². The molecule has 0 unspecified atom stereocenters. The number of hydrogen-bond donors (Lipinski definition) is 1. The van der Waals surface area contributed by atoms with Crippen LogP contribution in [-0.2, 0) is 11.2 Å². The summed E-state index contributed by atoms with van der Waals surface area (Å²) < 4.78 is 21.1. The van der Waals surface area contributed by atoms with Crippen LogP contribution in [0, 0.1) is 19.7 Å². The summed E-state index contributed by atoms with van der Waals surface area (Å²) in [4.78, 5) is 12.8. The minimum atomic E-state index is -0.389. The Kier molecular flexibility index (Phi) is 5.80. The fourth-order valence-corrected chi connectivity index (χ4v) is 3.42. The topological polar surface area (TPSA) is 56.2 Å². The van der Waals surface area contributed by atoms with E-state index >= 15 is 0 Å². The number of carbonyl (C=O) groups excluding carboxylic acids is 1. The van der Waals surface area contributed by atoms with E-state index in [-0.39, 0.29) is 18.1 Å². The predicted molar refractivity (Wildman–Crippen MR) is 118 cm³/mol. The van der Waals surface area contributed by atoms with Gasteiger partial charge in [-0.05, 0) is 50.2 Å². The van der Waals surface area contributed by atoms with Crippen molar-refractivity contribution in [2.45, 2.75) is 20.3 Å². The van der Waals surface area contributed by atoms with E-state index in [0.717, 1.165) is 22.6 Å². The molecule has 0 bridgehead atoms. The molecule has 0 radical (unpaired) electrons. The van der Waals surface area contributed by atoms with Gasteiger partial charge in [0.25, 0.3) is 0 Å². The first-order chi connectivity index (χ1) is 15.0. The number of hydrogen-bond acceptors (Lipinski definition) is 3. The summed E-state index contributed by atoms with van der Waals surface area (Å²) >= 11 is 0. The van der Waals surface area contributed by atoms with E-state index in [1.165, 1.54) is 12.1 Å². The zero-order valence-corrected chi connectivity index (χ0v) is 17.3. The minimum absolute atomic E-state index is 0.179. The molecule has 4 rings (SSSR count). The average molecular weight is 415 g/mol. The van der Waals surface area contributed by atoms with Crippen LogP contribution >= 0.6 is 0 Å². The van der Waals surface area contributed by atoms with Crippen LogP contribution in [0.2, 0.25) is 0 Å². The van der Waals surface area contributed by atoms with Gasteiger partial charge < -0.3 is 10.1 Å². The van der Waals surface area contributed by atoms with Gasteiger partial charge in [0.15, 0.2) is 5.75 Å². The maximum atomic E-state index is 13.5. The quantitative estimate of drug-likeness (QED) is 0.446. The molecule has 0 saturated carbocycles. The molecule has 1 N–H and O–H groups in total. The molecule has 3 aromatic carbocycles. The molecule has 4 aromatic rings. The number of aryl methyl sites for hydroxylation is 1. The van der Waals surface area contributed by atoms with Crippen LogP contribution in [0.1, 0.15) is 17.0 Å². The highest BCUT2D eigenvalue weighted by atomic mass is 19.1. The molecule has 0 aliphatic rings. The molecule has 0 spiro atoms. The number of halogens is 1. The van der Waals surface area contributed by atoms with Gasteiger partial charge in [0.2, 0.25) is 5.91 Å². The molecular formula is C25H22FN3O2. The van der Waals surface area contributed by atoms with E-state index in [0.29, 0.717) is 17.2 Å². The normalized spacial score (nSPS) is 10.7. The van der Waals surface area contributed by atoms with Gasteiger partial charge in [0, 0.05) is 17.3 Å². The fraction of sp³-hybridized carbons (Fsp3) is 0.120. The van der Waals surface area contributed by atoms with Crippen LogP contribution in [0.25, 0.3) is 5.69 Å². The number of nitrogens with one attached hydrogen (secondary N) is 1. The summed E-state index contributed by atoms with van der Waals surface area (Å²) in [6.45, 7) is 3.85. The van der Waals surface area contributed by atoms with Crippen molar-refractivity contribution in [1.29, 1.82) is 0 Å². The molecule has 6 heteroatoms. The van der Waals surface area contributed by atoms with E-state index in [1.807, 2.05) is 48.9 Å². The minimum Gasteiger partial charge on any atom is -0.455 e. The molecule has 0 aliphatic heterocycles. The first kappa shape index (κ1) is 20.3. The van der Waals surface area contributed by atoms with Crippen molar-refractivity contribution in [1.82, 2.24) is 9.78 Å². The number of para-hydroxylation sites is 3. The van der Waals surface area contributed by atoms with Crippen molar-refractivity contribution < 1.29 is 13.9 Å². The Hall–Kier alpha value is -3.93. The zero-order chi connectivity index (χ0) is 21.8. The smallest absolute Gasteiger partial charge is 0.229 e. The van der Waals surface area contributed by atoms with E-state index < -0.39 is 0 Å². The number of benzene rings is 3. The Labute approximate surface area is 180 Å². The predicted octanol–water partition coefficient (Wildman–Crippen LogP) is 5.60. The number of aromatic nitrogens is 2. The third kappa shape index (κ3) is 4.64. The molecular weight excluding hydrogens is 393 g/mol. The van der Waals surface area contributed by atoms with Gasteiger partial charge in [-0.1, -0.05) is 36.4 Å². The standard InChI is InChI=1S/C25H22FN3O2/c1-17-22(18(2)29(28-17)20-10-4-3-5-11-20)16-25(30)27-23-13-6-7-14-24(23)31-21-12-8-9-19(26)15-21/h3-15H,16H2,1-2H3,(H,27,30). The van der Waals surface area contributed by atoms with Gasteiger partial charge in [-0.2, -0.15) is 5.10 Å². The second kappa shape index (κ2) is 8.83. The van der Waals surface area contributed by atoms with Crippen LogP contribution in [0.5, 0.6) is 11.5 Å². The van der Waals surface area contributed by atoms with Gasteiger partial charge in [0.05, 0.1) is 23.5 Å². The molecule has 0 atom stereocenters. The van der Waals surface area contributed by atoms with Gasteiger partial charge in [-0.25, -0.2) is 9.07 Å². The maximum Gasteiger partial charge on any atom is 0.229 e. The third-order valence-electron chi connectivity index (χ3n) is 4.96. The summed E-state index contributed by atoms with van der Waals surface area (Å²) in [7, 11) is 0. The SMILES string of the molecule is Cc1nn(-c2ccccc2)c(C)c1CC(=O)Nc1ccccc1Oc1cccc(F)c1. The third-order valence-corrected chi connectivity index (χ3v) is 4.96. The summed E-state index contributed by atoms with van der Waals surface area (Å²) in [6, 6.07) is 22.8.